The summed E-state index contributed by atoms with van der Waals surface area (Å²) in [6.07, 6.45) is 7.14. The van der Waals surface area contributed by atoms with Gasteiger partial charge in [-0.1, -0.05) is 31.0 Å². The Labute approximate surface area is 148 Å². The van der Waals surface area contributed by atoms with Crippen LogP contribution in [0.3, 0.4) is 0 Å². The second-order valence-corrected chi connectivity index (χ2v) is 7.65. The van der Waals surface area contributed by atoms with Crippen molar-refractivity contribution in [1.82, 2.24) is 4.90 Å². The third-order valence-corrected chi connectivity index (χ3v) is 6.24. The highest BCUT2D eigenvalue weighted by molar-refractivity contribution is 5.96. The van der Waals surface area contributed by atoms with Crippen LogP contribution in [0.15, 0.2) is 24.3 Å². The zero-order valence-corrected chi connectivity index (χ0v) is 14.6. The molecule has 4 rings (SSSR count). The van der Waals surface area contributed by atoms with Crippen molar-refractivity contribution in [3.8, 4) is 0 Å². The Balaban J connectivity index is 1.54. The molecule has 1 aromatic rings. The molecule has 2 heterocycles. The van der Waals surface area contributed by atoms with E-state index in [-0.39, 0.29) is 18.5 Å². The maximum atomic E-state index is 13.1. The Morgan fingerprint density at radius 2 is 1.92 bits per heavy atom. The summed E-state index contributed by atoms with van der Waals surface area (Å²) in [7, 11) is 0. The minimum atomic E-state index is -0.777. The molecule has 134 valence electrons. The molecule has 0 spiro atoms. The van der Waals surface area contributed by atoms with Crippen molar-refractivity contribution in [3.05, 3.63) is 29.8 Å². The quantitative estimate of drug-likeness (QED) is 0.917. The van der Waals surface area contributed by atoms with Crippen LogP contribution in [0.4, 0.5) is 5.69 Å². The molecule has 2 fully saturated rings. The average molecular weight is 342 g/mol. The van der Waals surface area contributed by atoms with Crippen LogP contribution >= 0.6 is 0 Å². The summed E-state index contributed by atoms with van der Waals surface area (Å²) >= 11 is 0. The number of hydrogen-bond donors (Lipinski definition) is 1. The zero-order valence-electron chi connectivity index (χ0n) is 14.6. The lowest BCUT2D eigenvalue weighted by Crippen LogP contribution is -2.49. The van der Waals surface area contributed by atoms with E-state index in [1.807, 2.05) is 28.0 Å². The third kappa shape index (κ3) is 3.06. The van der Waals surface area contributed by atoms with Gasteiger partial charge in [-0.25, -0.2) is 0 Å². The second-order valence-electron chi connectivity index (χ2n) is 7.65. The van der Waals surface area contributed by atoms with E-state index in [2.05, 4.69) is 6.07 Å². The summed E-state index contributed by atoms with van der Waals surface area (Å²) in [6.45, 7) is 0.960. The number of carboxylic acid groups (broad SMARTS) is 1. The predicted molar refractivity (Wildman–Crippen MR) is 95.6 cm³/mol. The number of amides is 1. The van der Waals surface area contributed by atoms with Crippen LogP contribution in [-0.2, 0) is 16.0 Å². The van der Waals surface area contributed by atoms with Gasteiger partial charge in [-0.3, -0.25) is 14.5 Å². The van der Waals surface area contributed by atoms with Gasteiger partial charge in [-0.2, -0.15) is 0 Å². The highest BCUT2D eigenvalue weighted by Gasteiger charge is 2.46. The molecule has 5 nitrogen and oxygen atoms in total. The van der Waals surface area contributed by atoms with Crippen molar-refractivity contribution in [2.24, 2.45) is 5.92 Å². The molecule has 1 amide bonds. The zero-order chi connectivity index (χ0) is 17.4. The maximum Gasteiger partial charge on any atom is 0.320 e. The molecule has 3 aliphatic rings. The minimum Gasteiger partial charge on any atom is -0.480 e. The number of nitrogens with zero attached hydrogens (tertiary/aromatic N) is 2. The first kappa shape index (κ1) is 16.6. The molecule has 0 radical (unpaired) electrons. The molecule has 5 heteroatoms. The molecule has 0 aromatic heterocycles. The molecule has 3 unspecified atom stereocenters. The lowest BCUT2D eigenvalue weighted by atomic mass is 9.85. The molecule has 25 heavy (non-hydrogen) atoms. The first-order valence-corrected chi connectivity index (χ1v) is 9.52. The highest BCUT2D eigenvalue weighted by Crippen LogP contribution is 2.40. The molecular weight excluding hydrogens is 316 g/mol. The Bertz CT molecular complexity index is 675. The number of carbonyl (C=O) groups is 2. The number of carbonyl (C=O) groups excluding carboxylic acids is 1. The summed E-state index contributed by atoms with van der Waals surface area (Å²) in [5, 5.41) is 9.65. The Morgan fingerprint density at radius 3 is 2.76 bits per heavy atom. The first-order valence-electron chi connectivity index (χ1n) is 9.52. The maximum absolute atomic E-state index is 13.1. The van der Waals surface area contributed by atoms with Crippen LogP contribution < -0.4 is 4.90 Å². The molecule has 1 saturated heterocycles. The average Bonchev–Trinajstić information content (AvgIpc) is 3.00. The van der Waals surface area contributed by atoms with Gasteiger partial charge in [-0.15, -0.1) is 0 Å². The number of carboxylic acids is 1. The monoisotopic (exact) mass is 342 g/mol. The molecule has 1 N–H and O–H groups in total. The van der Waals surface area contributed by atoms with Gasteiger partial charge < -0.3 is 10.0 Å². The molecule has 2 aliphatic heterocycles. The van der Waals surface area contributed by atoms with Crippen molar-refractivity contribution >= 4 is 17.6 Å². The Hall–Kier alpha value is -1.88. The van der Waals surface area contributed by atoms with Gasteiger partial charge in [0.05, 0.1) is 6.54 Å². The highest BCUT2D eigenvalue weighted by atomic mass is 16.4. The van der Waals surface area contributed by atoms with Crippen LogP contribution in [0, 0.1) is 5.92 Å². The number of para-hydroxylation sites is 1. The first-order chi connectivity index (χ1) is 12.1. The van der Waals surface area contributed by atoms with Crippen LogP contribution in [-0.4, -0.2) is 47.1 Å². The summed E-state index contributed by atoms with van der Waals surface area (Å²) in [6, 6.07) is 7.84. The number of aliphatic carboxylic acids is 1. The van der Waals surface area contributed by atoms with E-state index >= 15 is 0 Å². The molecule has 3 atom stereocenters. The van der Waals surface area contributed by atoms with E-state index in [1.165, 1.54) is 12.0 Å². The van der Waals surface area contributed by atoms with Crippen molar-refractivity contribution < 1.29 is 14.7 Å². The number of benzene rings is 1. The van der Waals surface area contributed by atoms with Gasteiger partial charge in [0.15, 0.2) is 0 Å². The smallest absolute Gasteiger partial charge is 0.320 e. The van der Waals surface area contributed by atoms with Crippen molar-refractivity contribution in [2.75, 3.05) is 18.0 Å². The fraction of sp³-hybridized carbons (Fsp3) is 0.600. The molecule has 1 aromatic carbocycles. The summed E-state index contributed by atoms with van der Waals surface area (Å²) in [5.41, 5.74) is 2.22. The predicted octanol–water partition coefficient (Wildman–Crippen LogP) is 2.68. The standard InChI is InChI=1S/C20H26N2O3/c23-19(21-11-5-8-14-6-1-3-9-16(14)21)13-22-17-10-4-2-7-15(17)12-18(22)20(24)25/h1,3,6,9,15,17-18H,2,4-5,7-8,10-13H2,(H,24,25). The van der Waals surface area contributed by atoms with E-state index in [9.17, 15) is 14.7 Å². The van der Waals surface area contributed by atoms with Crippen LogP contribution in [0.25, 0.3) is 0 Å². The Kier molecular flexibility index (Phi) is 4.50. The molecular formula is C20H26N2O3. The molecule has 1 aliphatic carbocycles. The lowest BCUT2D eigenvalue weighted by Gasteiger charge is -2.35. The molecule has 1 saturated carbocycles. The van der Waals surface area contributed by atoms with E-state index in [1.54, 1.807) is 0 Å². The van der Waals surface area contributed by atoms with Crippen LogP contribution in [0.5, 0.6) is 0 Å². The third-order valence-electron chi connectivity index (χ3n) is 6.24. The number of aryl methyl sites for hydroxylation is 1. The number of likely N-dealkylation sites (tertiary alicyclic amines) is 1. The number of hydrogen-bond acceptors (Lipinski definition) is 3. The van der Waals surface area contributed by atoms with Gasteiger partial charge in [0.1, 0.15) is 6.04 Å². The van der Waals surface area contributed by atoms with E-state index in [0.29, 0.717) is 12.3 Å². The van der Waals surface area contributed by atoms with Gasteiger partial charge in [0.25, 0.3) is 0 Å². The SMILES string of the molecule is O=C(O)C1CC2CCCCC2N1CC(=O)N1CCCc2ccccc21. The fourth-order valence-electron chi connectivity index (χ4n) is 5.06. The summed E-state index contributed by atoms with van der Waals surface area (Å²) in [4.78, 5) is 28.7. The van der Waals surface area contributed by atoms with Gasteiger partial charge in [0, 0.05) is 18.3 Å². The largest absolute Gasteiger partial charge is 0.480 e. The van der Waals surface area contributed by atoms with Gasteiger partial charge in [-0.05, 0) is 49.7 Å². The lowest BCUT2D eigenvalue weighted by molar-refractivity contribution is -0.143. The number of anilines is 1. The number of rotatable bonds is 3. The number of fused-ring (bicyclic) bond motifs is 2. The van der Waals surface area contributed by atoms with Gasteiger partial charge in [0.2, 0.25) is 5.91 Å². The van der Waals surface area contributed by atoms with E-state index < -0.39 is 12.0 Å². The van der Waals surface area contributed by atoms with Crippen LogP contribution in [0.2, 0.25) is 0 Å². The second kappa shape index (κ2) is 6.79. The molecule has 0 bridgehead atoms. The van der Waals surface area contributed by atoms with E-state index in [0.717, 1.165) is 44.3 Å². The van der Waals surface area contributed by atoms with Crippen LogP contribution in [0.1, 0.15) is 44.1 Å². The van der Waals surface area contributed by atoms with Crippen molar-refractivity contribution in [1.29, 1.82) is 0 Å². The van der Waals surface area contributed by atoms with Crippen molar-refractivity contribution in [2.45, 2.75) is 57.0 Å². The summed E-state index contributed by atoms with van der Waals surface area (Å²) in [5.74, 6) is -0.290. The fourth-order valence-corrected chi connectivity index (χ4v) is 5.06. The minimum absolute atomic E-state index is 0.0459. The Morgan fingerprint density at radius 1 is 1.12 bits per heavy atom. The van der Waals surface area contributed by atoms with Gasteiger partial charge >= 0.3 is 5.97 Å². The summed E-state index contributed by atoms with van der Waals surface area (Å²) < 4.78 is 0. The van der Waals surface area contributed by atoms with E-state index in [4.69, 9.17) is 0 Å². The topological polar surface area (TPSA) is 60.9 Å². The normalized spacial score (nSPS) is 29.1. The van der Waals surface area contributed by atoms with Crippen molar-refractivity contribution in [3.63, 3.8) is 0 Å².